The minimum atomic E-state index is -0.494. The minimum Gasteiger partial charge on any atom is -0.331 e. The van der Waals surface area contributed by atoms with Gasteiger partial charge in [-0.1, -0.05) is 27.5 Å². The molecule has 2 aromatic carbocycles. The van der Waals surface area contributed by atoms with Crippen molar-refractivity contribution in [2.75, 3.05) is 0 Å². The van der Waals surface area contributed by atoms with Crippen LogP contribution in [0.15, 0.2) is 45.7 Å². The highest BCUT2D eigenvalue weighted by Gasteiger charge is 2.11. The standard InChI is InChI=1S/C14H7BrClFN2OS/c15-7-1-3-9-11(5-7)18-14(21)19(13(9)20)12-6-8(17)2-4-10(12)16/h1-6H,(H,18,21). The van der Waals surface area contributed by atoms with Crippen molar-refractivity contribution in [2.24, 2.45) is 0 Å². The molecule has 21 heavy (non-hydrogen) atoms. The Labute approximate surface area is 137 Å². The molecule has 0 saturated heterocycles. The number of H-pyrrole nitrogens is 1. The summed E-state index contributed by atoms with van der Waals surface area (Å²) in [5.74, 6) is -0.494. The second-order valence-electron chi connectivity index (χ2n) is 4.36. The quantitative estimate of drug-likeness (QED) is 0.622. The van der Waals surface area contributed by atoms with Gasteiger partial charge in [0.2, 0.25) is 0 Å². The van der Waals surface area contributed by atoms with Gasteiger partial charge in [-0.25, -0.2) is 4.39 Å². The number of hydrogen-bond acceptors (Lipinski definition) is 2. The SMILES string of the molecule is O=c1c2ccc(Br)cc2[nH]c(=S)n1-c1cc(F)ccc1Cl. The van der Waals surface area contributed by atoms with Crippen molar-refractivity contribution in [3.05, 3.63) is 66.8 Å². The molecule has 3 aromatic rings. The Kier molecular flexibility index (Phi) is 3.69. The lowest BCUT2D eigenvalue weighted by atomic mass is 10.2. The van der Waals surface area contributed by atoms with Crippen LogP contribution < -0.4 is 5.56 Å². The first kappa shape index (κ1) is 14.4. The molecule has 3 nitrogen and oxygen atoms in total. The highest BCUT2D eigenvalue weighted by atomic mass is 79.9. The molecule has 0 fully saturated rings. The summed E-state index contributed by atoms with van der Waals surface area (Å²) in [6.07, 6.45) is 0. The third-order valence-corrected chi connectivity index (χ3v) is 4.11. The molecule has 0 bridgehead atoms. The molecule has 1 heterocycles. The second-order valence-corrected chi connectivity index (χ2v) is 6.07. The fourth-order valence-electron chi connectivity index (χ4n) is 2.07. The summed E-state index contributed by atoms with van der Waals surface area (Å²) in [7, 11) is 0. The Balaban J connectivity index is 2.44. The highest BCUT2D eigenvalue weighted by Crippen LogP contribution is 2.22. The summed E-state index contributed by atoms with van der Waals surface area (Å²) in [5.41, 5.74) is 0.463. The van der Waals surface area contributed by atoms with Gasteiger partial charge in [-0.3, -0.25) is 9.36 Å². The first-order chi connectivity index (χ1) is 9.97. The molecule has 0 saturated carbocycles. The molecule has 1 aromatic heterocycles. The zero-order chi connectivity index (χ0) is 15.1. The van der Waals surface area contributed by atoms with Gasteiger partial charge in [-0.2, -0.15) is 0 Å². The third-order valence-electron chi connectivity index (χ3n) is 3.01. The Hall–Kier alpha value is -1.50. The van der Waals surface area contributed by atoms with Gasteiger partial charge in [0.05, 0.1) is 21.6 Å². The lowest BCUT2D eigenvalue weighted by Crippen LogP contribution is -2.21. The molecular formula is C14H7BrClFN2OS. The van der Waals surface area contributed by atoms with Gasteiger partial charge >= 0.3 is 0 Å². The third kappa shape index (κ3) is 2.54. The predicted molar refractivity (Wildman–Crippen MR) is 87.4 cm³/mol. The van der Waals surface area contributed by atoms with Gasteiger partial charge < -0.3 is 4.98 Å². The summed E-state index contributed by atoms with van der Waals surface area (Å²) < 4.78 is 15.6. The molecular weight excluding hydrogens is 379 g/mol. The van der Waals surface area contributed by atoms with E-state index in [1.54, 1.807) is 18.2 Å². The average molecular weight is 386 g/mol. The number of aromatic amines is 1. The number of nitrogens with one attached hydrogen (secondary N) is 1. The van der Waals surface area contributed by atoms with Crippen molar-refractivity contribution in [1.29, 1.82) is 0 Å². The van der Waals surface area contributed by atoms with E-state index in [9.17, 15) is 9.18 Å². The van der Waals surface area contributed by atoms with E-state index in [1.807, 2.05) is 0 Å². The van der Waals surface area contributed by atoms with Gasteiger partial charge in [-0.05, 0) is 48.6 Å². The van der Waals surface area contributed by atoms with Crippen molar-refractivity contribution in [3.8, 4) is 5.69 Å². The maximum atomic E-state index is 13.4. The Morgan fingerprint density at radius 1 is 1.24 bits per heavy atom. The topological polar surface area (TPSA) is 37.8 Å². The number of hydrogen-bond donors (Lipinski definition) is 1. The van der Waals surface area contributed by atoms with E-state index in [2.05, 4.69) is 20.9 Å². The van der Waals surface area contributed by atoms with Crippen LogP contribution in [0.3, 0.4) is 0 Å². The Bertz CT molecular complexity index is 983. The van der Waals surface area contributed by atoms with E-state index in [1.165, 1.54) is 22.8 Å². The van der Waals surface area contributed by atoms with Gasteiger partial charge in [0.25, 0.3) is 5.56 Å². The number of nitrogens with zero attached hydrogens (tertiary/aromatic N) is 1. The molecule has 0 aliphatic carbocycles. The number of fused-ring (bicyclic) bond motifs is 1. The monoisotopic (exact) mass is 384 g/mol. The molecule has 0 aliphatic heterocycles. The van der Waals surface area contributed by atoms with Crippen molar-refractivity contribution in [1.82, 2.24) is 9.55 Å². The normalized spacial score (nSPS) is 11.0. The molecule has 3 rings (SSSR count). The summed E-state index contributed by atoms with van der Waals surface area (Å²) >= 11 is 14.6. The maximum Gasteiger partial charge on any atom is 0.266 e. The van der Waals surface area contributed by atoms with Crippen LogP contribution in [-0.4, -0.2) is 9.55 Å². The van der Waals surface area contributed by atoms with Crippen LogP contribution in [0.1, 0.15) is 0 Å². The molecule has 0 aliphatic rings. The molecule has 0 amide bonds. The first-order valence-corrected chi connectivity index (χ1v) is 7.45. The van der Waals surface area contributed by atoms with Crippen LogP contribution in [-0.2, 0) is 0 Å². The molecule has 0 unspecified atom stereocenters. The van der Waals surface area contributed by atoms with Crippen LogP contribution in [0.4, 0.5) is 4.39 Å². The summed E-state index contributed by atoms with van der Waals surface area (Å²) in [4.78, 5) is 15.6. The van der Waals surface area contributed by atoms with Crippen LogP contribution in [0.2, 0.25) is 5.02 Å². The molecule has 0 atom stereocenters. The van der Waals surface area contributed by atoms with Crippen LogP contribution in [0, 0.1) is 10.6 Å². The summed E-state index contributed by atoms with van der Waals surface area (Å²) in [5, 5.41) is 0.682. The second kappa shape index (κ2) is 5.36. The van der Waals surface area contributed by atoms with E-state index in [0.717, 1.165) is 4.47 Å². The van der Waals surface area contributed by atoms with Crippen molar-refractivity contribution in [2.45, 2.75) is 0 Å². The Morgan fingerprint density at radius 3 is 2.76 bits per heavy atom. The lowest BCUT2D eigenvalue weighted by Gasteiger charge is -2.10. The van der Waals surface area contributed by atoms with E-state index < -0.39 is 5.82 Å². The predicted octanol–water partition coefficient (Wildman–Crippen LogP) is 4.60. The van der Waals surface area contributed by atoms with Gasteiger partial charge in [0.15, 0.2) is 4.77 Å². The number of aromatic nitrogens is 2. The van der Waals surface area contributed by atoms with E-state index in [0.29, 0.717) is 10.9 Å². The molecule has 106 valence electrons. The largest absolute Gasteiger partial charge is 0.331 e. The fourth-order valence-corrected chi connectivity index (χ4v) is 2.92. The molecule has 0 radical (unpaired) electrons. The van der Waals surface area contributed by atoms with Crippen molar-refractivity contribution >= 4 is 50.7 Å². The average Bonchev–Trinajstić information content (AvgIpc) is 2.42. The van der Waals surface area contributed by atoms with E-state index >= 15 is 0 Å². The smallest absolute Gasteiger partial charge is 0.266 e. The van der Waals surface area contributed by atoms with E-state index in [-0.39, 0.29) is 21.0 Å². The molecule has 7 heteroatoms. The zero-order valence-corrected chi connectivity index (χ0v) is 13.5. The van der Waals surface area contributed by atoms with Crippen molar-refractivity contribution < 1.29 is 4.39 Å². The van der Waals surface area contributed by atoms with Crippen molar-refractivity contribution in [3.63, 3.8) is 0 Å². The summed E-state index contributed by atoms with van der Waals surface area (Å²) in [6, 6.07) is 8.96. The maximum absolute atomic E-state index is 13.4. The molecule has 1 N–H and O–H groups in total. The van der Waals surface area contributed by atoms with Gasteiger partial charge in [0.1, 0.15) is 5.82 Å². The number of benzene rings is 2. The Morgan fingerprint density at radius 2 is 2.00 bits per heavy atom. The number of halogens is 3. The van der Waals surface area contributed by atoms with Gasteiger partial charge in [-0.15, -0.1) is 0 Å². The van der Waals surface area contributed by atoms with Crippen LogP contribution in [0.5, 0.6) is 0 Å². The highest BCUT2D eigenvalue weighted by molar-refractivity contribution is 9.10. The fraction of sp³-hybridized carbons (Fsp3) is 0. The molecule has 0 spiro atoms. The zero-order valence-electron chi connectivity index (χ0n) is 10.4. The van der Waals surface area contributed by atoms with Crippen LogP contribution >= 0.6 is 39.7 Å². The minimum absolute atomic E-state index is 0.151. The summed E-state index contributed by atoms with van der Waals surface area (Å²) in [6.45, 7) is 0. The van der Waals surface area contributed by atoms with E-state index in [4.69, 9.17) is 23.8 Å². The van der Waals surface area contributed by atoms with Crippen LogP contribution in [0.25, 0.3) is 16.6 Å². The van der Waals surface area contributed by atoms with Gasteiger partial charge in [0, 0.05) is 4.47 Å². The first-order valence-electron chi connectivity index (χ1n) is 5.87. The lowest BCUT2D eigenvalue weighted by molar-refractivity contribution is 0.626. The number of rotatable bonds is 1.